The molecule has 1 aromatic heterocycles. The van der Waals surface area contributed by atoms with Crippen molar-refractivity contribution in [2.45, 2.75) is 51.0 Å². The van der Waals surface area contributed by atoms with Crippen molar-refractivity contribution in [3.8, 4) is 0 Å². The molecule has 0 aliphatic carbocycles. The standard InChI is InChI=1S/C21H34N4O2/c1-24-12-3-2-4-19(24)7-11-22-21(27)18-5-6-20(23-16-18)25-13-8-17(9-14-25)10-15-26/h5-6,16-17,19,26H,2-4,7-15H2,1H3,(H,22,27)/t19-/m0/s1. The number of likely N-dealkylation sites (tertiary alicyclic amines) is 1. The molecule has 2 N–H and O–H groups in total. The second-order valence-corrected chi connectivity index (χ2v) is 8.02. The van der Waals surface area contributed by atoms with Crippen LogP contribution in [0.3, 0.4) is 0 Å². The lowest BCUT2D eigenvalue weighted by Crippen LogP contribution is -2.39. The number of pyridine rings is 1. The average Bonchev–Trinajstić information content (AvgIpc) is 2.70. The summed E-state index contributed by atoms with van der Waals surface area (Å²) in [6.07, 6.45) is 9.62. The Labute approximate surface area is 163 Å². The van der Waals surface area contributed by atoms with Gasteiger partial charge in [0.25, 0.3) is 5.91 Å². The van der Waals surface area contributed by atoms with Crippen molar-refractivity contribution in [1.29, 1.82) is 0 Å². The van der Waals surface area contributed by atoms with Gasteiger partial charge in [-0.1, -0.05) is 6.42 Å². The lowest BCUT2D eigenvalue weighted by atomic mass is 9.94. The molecule has 1 aromatic rings. The lowest BCUT2D eigenvalue weighted by molar-refractivity contribution is 0.0945. The molecule has 1 amide bonds. The van der Waals surface area contributed by atoms with E-state index < -0.39 is 0 Å². The first kappa shape index (κ1) is 20.1. The van der Waals surface area contributed by atoms with Crippen molar-refractivity contribution in [1.82, 2.24) is 15.2 Å². The summed E-state index contributed by atoms with van der Waals surface area (Å²) in [5, 5.41) is 12.1. The molecule has 6 heteroatoms. The van der Waals surface area contributed by atoms with E-state index >= 15 is 0 Å². The van der Waals surface area contributed by atoms with Gasteiger partial charge in [0.05, 0.1) is 5.56 Å². The molecule has 0 spiro atoms. The lowest BCUT2D eigenvalue weighted by Gasteiger charge is -2.32. The Morgan fingerprint density at radius 2 is 2.00 bits per heavy atom. The molecule has 2 saturated heterocycles. The van der Waals surface area contributed by atoms with Crippen LogP contribution in [0.4, 0.5) is 5.82 Å². The number of nitrogens with zero attached hydrogens (tertiary/aromatic N) is 3. The van der Waals surface area contributed by atoms with Crippen molar-refractivity contribution in [3.05, 3.63) is 23.9 Å². The van der Waals surface area contributed by atoms with Crippen molar-refractivity contribution >= 4 is 11.7 Å². The van der Waals surface area contributed by atoms with E-state index in [-0.39, 0.29) is 12.5 Å². The number of aliphatic hydroxyl groups excluding tert-OH is 1. The van der Waals surface area contributed by atoms with Crippen LogP contribution >= 0.6 is 0 Å². The van der Waals surface area contributed by atoms with Crippen LogP contribution in [0.2, 0.25) is 0 Å². The topological polar surface area (TPSA) is 68.7 Å². The van der Waals surface area contributed by atoms with Gasteiger partial charge in [-0.3, -0.25) is 4.79 Å². The number of rotatable bonds is 7. The minimum Gasteiger partial charge on any atom is -0.396 e. The third-order valence-corrected chi connectivity index (χ3v) is 6.17. The van der Waals surface area contributed by atoms with E-state index in [1.807, 2.05) is 12.1 Å². The Balaban J connectivity index is 1.43. The van der Waals surface area contributed by atoms with E-state index in [0.29, 0.717) is 24.1 Å². The molecular weight excluding hydrogens is 340 g/mol. The Hall–Kier alpha value is -1.66. The number of hydrogen-bond acceptors (Lipinski definition) is 5. The first-order valence-electron chi connectivity index (χ1n) is 10.5. The summed E-state index contributed by atoms with van der Waals surface area (Å²) in [6.45, 7) is 4.11. The molecule has 0 bridgehead atoms. The van der Waals surface area contributed by atoms with Crippen molar-refractivity contribution in [3.63, 3.8) is 0 Å². The molecule has 0 saturated carbocycles. The molecular formula is C21H34N4O2. The van der Waals surface area contributed by atoms with Gasteiger partial charge < -0.3 is 20.2 Å². The van der Waals surface area contributed by atoms with Crippen LogP contribution in [-0.4, -0.2) is 66.8 Å². The van der Waals surface area contributed by atoms with Gasteiger partial charge in [-0.25, -0.2) is 4.98 Å². The molecule has 2 fully saturated rings. The number of nitrogens with one attached hydrogen (secondary N) is 1. The van der Waals surface area contributed by atoms with E-state index in [0.717, 1.165) is 44.6 Å². The van der Waals surface area contributed by atoms with E-state index in [1.165, 1.54) is 25.8 Å². The average molecular weight is 375 g/mol. The van der Waals surface area contributed by atoms with Crippen molar-refractivity contribution < 1.29 is 9.90 Å². The Kier molecular flexibility index (Phi) is 7.47. The van der Waals surface area contributed by atoms with Crippen LogP contribution in [0.15, 0.2) is 18.3 Å². The van der Waals surface area contributed by atoms with E-state index in [1.54, 1.807) is 6.20 Å². The number of carbonyl (C=O) groups is 1. The van der Waals surface area contributed by atoms with Crippen LogP contribution in [-0.2, 0) is 0 Å². The minimum atomic E-state index is -0.0332. The fourth-order valence-corrected chi connectivity index (χ4v) is 4.30. The van der Waals surface area contributed by atoms with Gasteiger partial charge in [-0.15, -0.1) is 0 Å². The van der Waals surface area contributed by atoms with Crippen LogP contribution < -0.4 is 10.2 Å². The third-order valence-electron chi connectivity index (χ3n) is 6.17. The molecule has 2 aliphatic rings. The van der Waals surface area contributed by atoms with Crippen LogP contribution in [0.25, 0.3) is 0 Å². The van der Waals surface area contributed by atoms with Crippen molar-refractivity contribution in [2.24, 2.45) is 5.92 Å². The summed E-state index contributed by atoms with van der Waals surface area (Å²) in [5.74, 6) is 1.53. The molecule has 0 aromatic carbocycles. The highest BCUT2D eigenvalue weighted by Crippen LogP contribution is 2.24. The normalized spacial score (nSPS) is 22.0. The smallest absolute Gasteiger partial charge is 0.252 e. The monoisotopic (exact) mass is 374 g/mol. The quantitative estimate of drug-likeness (QED) is 0.766. The Bertz CT molecular complexity index is 584. The van der Waals surface area contributed by atoms with Crippen LogP contribution in [0.1, 0.15) is 55.3 Å². The number of hydrogen-bond donors (Lipinski definition) is 2. The summed E-state index contributed by atoms with van der Waals surface area (Å²) in [4.78, 5) is 21.6. The molecule has 3 rings (SSSR count). The molecule has 150 valence electrons. The first-order chi connectivity index (χ1) is 13.2. The highest BCUT2D eigenvalue weighted by molar-refractivity contribution is 5.94. The second kappa shape index (κ2) is 10.0. The highest BCUT2D eigenvalue weighted by atomic mass is 16.3. The second-order valence-electron chi connectivity index (χ2n) is 8.02. The molecule has 3 heterocycles. The third kappa shape index (κ3) is 5.66. The Morgan fingerprint density at radius 3 is 2.67 bits per heavy atom. The zero-order valence-corrected chi connectivity index (χ0v) is 16.6. The number of anilines is 1. The van der Waals surface area contributed by atoms with E-state index in [4.69, 9.17) is 5.11 Å². The number of piperidine rings is 2. The summed E-state index contributed by atoms with van der Waals surface area (Å²) < 4.78 is 0. The van der Waals surface area contributed by atoms with Gasteiger partial charge in [-0.2, -0.15) is 0 Å². The van der Waals surface area contributed by atoms with Gasteiger partial charge in [-0.05, 0) is 70.2 Å². The zero-order chi connectivity index (χ0) is 19.1. The largest absolute Gasteiger partial charge is 0.396 e. The van der Waals surface area contributed by atoms with Gasteiger partial charge in [0.1, 0.15) is 5.82 Å². The predicted octanol–water partition coefficient (Wildman–Crippen LogP) is 2.28. The molecule has 0 unspecified atom stereocenters. The van der Waals surface area contributed by atoms with Gasteiger partial charge in [0.15, 0.2) is 0 Å². The summed E-state index contributed by atoms with van der Waals surface area (Å²) >= 11 is 0. The SMILES string of the molecule is CN1CCCC[C@H]1CCNC(=O)c1ccc(N2CCC(CCO)CC2)nc1. The number of amides is 1. The zero-order valence-electron chi connectivity index (χ0n) is 16.6. The maximum atomic E-state index is 12.4. The summed E-state index contributed by atoms with van der Waals surface area (Å²) in [5.41, 5.74) is 0.630. The van der Waals surface area contributed by atoms with E-state index in [9.17, 15) is 4.79 Å². The van der Waals surface area contributed by atoms with Crippen LogP contribution in [0.5, 0.6) is 0 Å². The van der Waals surface area contributed by atoms with E-state index in [2.05, 4.69) is 27.1 Å². The predicted molar refractivity (Wildman–Crippen MR) is 108 cm³/mol. The number of aliphatic hydroxyl groups is 1. The maximum Gasteiger partial charge on any atom is 0.252 e. The maximum absolute atomic E-state index is 12.4. The fraction of sp³-hybridized carbons (Fsp3) is 0.714. The highest BCUT2D eigenvalue weighted by Gasteiger charge is 2.21. The first-order valence-corrected chi connectivity index (χ1v) is 10.5. The van der Waals surface area contributed by atoms with Gasteiger partial charge in [0.2, 0.25) is 0 Å². The fourth-order valence-electron chi connectivity index (χ4n) is 4.30. The van der Waals surface area contributed by atoms with Gasteiger partial charge >= 0.3 is 0 Å². The van der Waals surface area contributed by atoms with Crippen molar-refractivity contribution in [2.75, 3.05) is 44.7 Å². The molecule has 6 nitrogen and oxygen atoms in total. The molecule has 0 radical (unpaired) electrons. The number of aromatic nitrogens is 1. The number of carbonyl (C=O) groups excluding carboxylic acids is 1. The van der Waals surface area contributed by atoms with Crippen LogP contribution in [0, 0.1) is 5.92 Å². The molecule has 27 heavy (non-hydrogen) atoms. The van der Waals surface area contributed by atoms with Gasteiger partial charge in [0, 0.05) is 38.5 Å². The molecule has 2 aliphatic heterocycles. The minimum absolute atomic E-state index is 0.0332. The Morgan fingerprint density at radius 1 is 1.19 bits per heavy atom. The summed E-state index contributed by atoms with van der Waals surface area (Å²) in [6, 6.07) is 4.42. The molecule has 1 atom stereocenters. The summed E-state index contributed by atoms with van der Waals surface area (Å²) in [7, 11) is 2.18.